The number of para-hydroxylation sites is 1. The van der Waals surface area contributed by atoms with Crippen LogP contribution in [0.4, 0.5) is 17.1 Å². The Morgan fingerprint density at radius 3 is 2.24 bits per heavy atom. The fraction of sp³-hybridized carbons (Fsp3) is 0.133. The number of nitro groups is 1. The second kappa shape index (κ2) is 10.4. The van der Waals surface area contributed by atoms with Gasteiger partial charge in [0.2, 0.25) is 5.91 Å². The summed E-state index contributed by atoms with van der Waals surface area (Å²) in [6, 6.07) is 25.5. The van der Waals surface area contributed by atoms with E-state index in [2.05, 4.69) is 0 Å². The molecule has 4 aromatic rings. The molecule has 42 heavy (non-hydrogen) atoms. The number of non-ortho nitro benzene ring substituents is 1. The molecule has 4 aromatic carbocycles. The van der Waals surface area contributed by atoms with Crippen LogP contribution < -0.4 is 14.1 Å². The molecule has 12 heteroatoms. The maximum Gasteiger partial charge on any atom is 0.339 e. The van der Waals surface area contributed by atoms with E-state index in [4.69, 9.17) is 9.02 Å². The molecule has 0 bridgehead atoms. The zero-order chi connectivity index (χ0) is 29.6. The molecule has 6 rings (SSSR count). The van der Waals surface area contributed by atoms with Crippen LogP contribution in [0.5, 0.6) is 5.75 Å². The Hall–Kier alpha value is -5.07. The fourth-order valence-corrected chi connectivity index (χ4v) is 6.21. The summed E-state index contributed by atoms with van der Waals surface area (Å²) < 4.78 is 30.7. The van der Waals surface area contributed by atoms with E-state index in [0.717, 1.165) is 10.5 Å². The van der Waals surface area contributed by atoms with Gasteiger partial charge in [0.05, 0.1) is 22.3 Å². The van der Waals surface area contributed by atoms with Gasteiger partial charge in [-0.25, -0.2) is 9.96 Å². The number of carbonyl (C=O) groups excluding carboxylic acids is 2. The Bertz CT molecular complexity index is 1810. The number of fused-ring (bicyclic) bond motifs is 1. The number of rotatable bonds is 7. The highest BCUT2D eigenvalue weighted by atomic mass is 32.2. The first kappa shape index (κ1) is 27.1. The molecule has 2 amide bonds. The fourth-order valence-electron chi connectivity index (χ4n) is 5.26. The zero-order valence-electron chi connectivity index (χ0n) is 22.1. The lowest BCUT2D eigenvalue weighted by Crippen LogP contribution is -2.37. The number of nitro benzene ring substituents is 1. The lowest BCUT2D eigenvalue weighted by Gasteiger charge is -2.29. The number of hydrogen-bond donors (Lipinski definition) is 0. The number of benzene rings is 4. The topological polar surface area (TPSA) is 136 Å². The average molecular weight is 586 g/mol. The largest absolute Gasteiger partial charge is 0.379 e. The normalized spacial score (nSPS) is 20.1. The molecule has 0 aromatic heterocycles. The second-order valence-corrected chi connectivity index (χ2v) is 11.4. The molecule has 0 spiro atoms. The Morgan fingerprint density at radius 1 is 0.857 bits per heavy atom. The first-order valence-corrected chi connectivity index (χ1v) is 14.3. The van der Waals surface area contributed by atoms with Gasteiger partial charge in [-0.2, -0.15) is 8.42 Å². The van der Waals surface area contributed by atoms with E-state index in [0.29, 0.717) is 11.3 Å². The third-order valence-corrected chi connectivity index (χ3v) is 8.49. The maximum absolute atomic E-state index is 13.9. The van der Waals surface area contributed by atoms with Crippen LogP contribution in [-0.4, -0.2) is 31.3 Å². The van der Waals surface area contributed by atoms with Crippen LogP contribution in [0.3, 0.4) is 0 Å². The molecule has 2 aliphatic heterocycles. The number of amides is 2. The van der Waals surface area contributed by atoms with Crippen molar-refractivity contribution in [2.45, 2.75) is 24.0 Å². The smallest absolute Gasteiger partial charge is 0.339 e. The maximum atomic E-state index is 13.9. The van der Waals surface area contributed by atoms with Crippen LogP contribution in [0.2, 0.25) is 0 Å². The van der Waals surface area contributed by atoms with Gasteiger partial charge in [-0.05, 0) is 54.4 Å². The number of anilines is 2. The Kier molecular flexibility index (Phi) is 6.71. The minimum Gasteiger partial charge on any atom is -0.379 e. The quantitative estimate of drug-likeness (QED) is 0.131. The molecular formula is C30H23N3O8S. The van der Waals surface area contributed by atoms with E-state index in [1.54, 1.807) is 67.6 Å². The highest BCUT2D eigenvalue weighted by molar-refractivity contribution is 7.87. The molecule has 3 atom stereocenters. The standard InChI is InChI=1S/C30H23N3O8S/c1-19-8-5-6-13-25(19)31-29(34)26-27(32(40-28(26)30(31)35)21-9-7-10-22(18-21)33(36)37)20-14-16-23(17-15-20)41-42(38,39)24-11-3-2-4-12-24/h2-18,26-28H,1H3/t26-,27-,28-/m1/s1. The van der Waals surface area contributed by atoms with Gasteiger partial charge in [0.25, 0.3) is 11.6 Å². The molecule has 0 unspecified atom stereocenters. The van der Waals surface area contributed by atoms with E-state index in [1.807, 2.05) is 0 Å². The second-order valence-electron chi connectivity index (χ2n) is 9.82. The number of carbonyl (C=O) groups is 2. The van der Waals surface area contributed by atoms with E-state index >= 15 is 0 Å². The molecular weight excluding hydrogens is 562 g/mol. The van der Waals surface area contributed by atoms with Crippen molar-refractivity contribution < 1.29 is 32.0 Å². The highest BCUT2D eigenvalue weighted by Gasteiger charge is 2.60. The summed E-state index contributed by atoms with van der Waals surface area (Å²) in [7, 11) is -4.09. The lowest BCUT2D eigenvalue weighted by molar-refractivity contribution is -0.384. The summed E-state index contributed by atoms with van der Waals surface area (Å²) in [6.07, 6.45) is -1.18. The monoisotopic (exact) mass is 585 g/mol. The molecule has 212 valence electrons. The molecule has 2 saturated heterocycles. The minimum atomic E-state index is -4.09. The number of hydroxylamine groups is 1. The SMILES string of the molecule is Cc1ccccc1N1C(=O)[C@@H]2[C@@H](c3ccc(OS(=O)(=O)c4ccccc4)cc3)N(c3cccc([N+](=O)[O-])c3)O[C@H]2C1=O. The van der Waals surface area contributed by atoms with Crippen molar-refractivity contribution in [3.63, 3.8) is 0 Å². The van der Waals surface area contributed by atoms with Crippen LogP contribution in [0, 0.1) is 23.0 Å². The summed E-state index contributed by atoms with van der Waals surface area (Å²) >= 11 is 0. The van der Waals surface area contributed by atoms with Crippen molar-refractivity contribution in [1.29, 1.82) is 0 Å². The summed E-state index contributed by atoms with van der Waals surface area (Å²) in [5, 5.41) is 12.8. The molecule has 11 nitrogen and oxygen atoms in total. The van der Waals surface area contributed by atoms with Gasteiger partial charge in [0.15, 0.2) is 6.10 Å². The first-order valence-electron chi connectivity index (χ1n) is 12.9. The van der Waals surface area contributed by atoms with Gasteiger partial charge in [-0.1, -0.05) is 54.6 Å². The summed E-state index contributed by atoms with van der Waals surface area (Å²) in [5.41, 5.74) is 1.76. The van der Waals surface area contributed by atoms with Crippen LogP contribution in [0.15, 0.2) is 108 Å². The lowest BCUT2D eigenvalue weighted by atomic mass is 9.90. The Balaban J connectivity index is 1.38. The third-order valence-electron chi connectivity index (χ3n) is 7.23. The van der Waals surface area contributed by atoms with E-state index in [-0.39, 0.29) is 22.0 Å². The van der Waals surface area contributed by atoms with Gasteiger partial charge in [0.1, 0.15) is 16.6 Å². The van der Waals surface area contributed by atoms with E-state index < -0.39 is 44.9 Å². The van der Waals surface area contributed by atoms with Crippen LogP contribution in [0.1, 0.15) is 17.2 Å². The average Bonchev–Trinajstić information content (AvgIpc) is 3.50. The van der Waals surface area contributed by atoms with Gasteiger partial charge < -0.3 is 4.18 Å². The van der Waals surface area contributed by atoms with Crippen molar-refractivity contribution in [2.75, 3.05) is 9.96 Å². The van der Waals surface area contributed by atoms with Crippen molar-refractivity contribution >= 4 is 39.0 Å². The minimum absolute atomic E-state index is 0.00989. The van der Waals surface area contributed by atoms with Crippen LogP contribution in [-0.2, 0) is 24.5 Å². The molecule has 2 fully saturated rings. The number of imide groups is 1. The van der Waals surface area contributed by atoms with Crippen LogP contribution >= 0.6 is 0 Å². The van der Waals surface area contributed by atoms with Gasteiger partial charge in [-0.3, -0.25) is 24.5 Å². The molecule has 2 aliphatic rings. The predicted molar refractivity (Wildman–Crippen MR) is 151 cm³/mol. The number of hydrogen-bond acceptors (Lipinski definition) is 9. The highest BCUT2D eigenvalue weighted by Crippen LogP contribution is 2.48. The third kappa shape index (κ3) is 4.66. The number of nitrogens with zero attached hydrogens (tertiary/aromatic N) is 3. The van der Waals surface area contributed by atoms with Gasteiger partial charge in [0, 0.05) is 12.1 Å². The molecule has 0 aliphatic carbocycles. The predicted octanol–water partition coefficient (Wildman–Crippen LogP) is 4.72. The molecule has 0 radical (unpaired) electrons. The zero-order valence-corrected chi connectivity index (χ0v) is 22.9. The van der Waals surface area contributed by atoms with Gasteiger partial charge >= 0.3 is 10.1 Å². The first-order chi connectivity index (χ1) is 20.2. The van der Waals surface area contributed by atoms with E-state index in [1.165, 1.54) is 47.5 Å². The molecule has 2 heterocycles. The molecule has 0 saturated carbocycles. The van der Waals surface area contributed by atoms with Crippen molar-refractivity contribution in [1.82, 2.24) is 0 Å². The van der Waals surface area contributed by atoms with Crippen molar-refractivity contribution in [3.8, 4) is 5.75 Å². The summed E-state index contributed by atoms with van der Waals surface area (Å²) in [5.74, 6) is -1.98. The van der Waals surface area contributed by atoms with Crippen molar-refractivity contribution in [3.05, 3.63) is 124 Å². The molecule has 0 N–H and O–H groups in total. The summed E-state index contributed by atoms with van der Waals surface area (Å²) in [6.45, 7) is 1.79. The van der Waals surface area contributed by atoms with Gasteiger partial charge in [-0.15, -0.1) is 0 Å². The Labute approximate surface area is 240 Å². The number of aryl methyl sites for hydroxylation is 1. The summed E-state index contributed by atoms with van der Waals surface area (Å²) in [4.78, 5) is 45.6. The van der Waals surface area contributed by atoms with Crippen LogP contribution in [0.25, 0.3) is 0 Å². The van der Waals surface area contributed by atoms with Crippen molar-refractivity contribution in [2.24, 2.45) is 5.92 Å². The Morgan fingerprint density at radius 2 is 1.55 bits per heavy atom. The van der Waals surface area contributed by atoms with E-state index in [9.17, 15) is 28.1 Å².